The Hall–Kier alpha value is -3.72. The third kappa shape index (κ3) is 4.05. The Kier molecular flexibility index (Phi) is 6.25. The molecule has 5 rings (SSSR count). The Labute approximate surface area is 206 Å². The van der Waals surface area contributed by atoms with E-state index >= 15 is 0 Å². The third-order valence-corrected chi connectivity index (χ3v) is 6.85. The number of aryl methyl sites for hydroxylation is 1. The van der Waals surface area contributed by atoms with Crippen molar-refractivity contribution in [1.82, 2.24) is 10.2 Å². The molecule has 0 unspecified atom stereocenters. The van der Waals surface area contributed by atoms with Gasteiger partial charge >= 0.3 is 0 Å². The first kappa shape index (κ1) is 23.0. The molecule has 35 heavy (non-hydrogen) atoms. The fraction of sp³-hybridized carbons (Fsp3) is 0.308. The van der Waals surface area contributed by atoms with E-state index in [1.54, 1.807) is 37.4 Å². The van der Waals surface area contributed by atoms with Gasteiger partial charge in [0.25, 0.3) is 5.91 Å². The molecule has 1 atom stereocenters. The minimum Gasteiger partial charge on any atom is -0.493 e. The maximum absolute atomic E-state index is 13.6. The number of unbranched alkanes of at least 4 members (excludes halogenated alkanes) is 2. The van der Waals surface area contributed by atoms with E-state index in [-0.39, 0.29) is 16.8 Å². The quantitative estimate of drug-likeness (QED) is 0.310. The Morgan fingerprint density at radius 2 is 1.91 bits per heavy atom. The summed E-state index contributed by atoms with van der Waals surface area (Å²) in [6.45, 7) is 4.54. The van der Waals surface area contributed by atoms with Crippen LogP contribution in [0.15, 0.2) is 51.7 Å². The summed E-state index contributed by atoms with van der Waals surface area (Å²) in [5, 5.41) is 9.80. The van der Waals surface area contributed by atoms with E-state index in [4.69, 9.17) is 13.9 Å². The summed E-state index contributed by atoms with van der Waals surface area (Å²) in [6.07, 6.45) is 3.14. The van der Waals surface area contributed by atoms with E-state index < -0.39 is 11.9 Å². The minimum atomic E-state index is -0.742. The highest BCUT2D eigenvalue weighted by molar-refractivity contribution is 7.15. The number of amides is 1. The Morgan fingerprint density at radius 1 is 1.09 bits per heavy atom. The molecule has 0 bridgehead atoms. The number of hydrogen-bond acceptors (Lipinski definition) is 8. The topological polar surface area (TPSA) is 94.8 Å². The number of rotatable bonds is 8. The lowest BCUT2D eigenvalue weighted by molar-refractivity contribution is 0.0970. The number of hydrogen-bond donors (Lipinski definition) is 0. The summed E-state index contributed by atoms with van der Waals surface area (Å²) in [5.74, 6) is 0.729. The van der Waals surface area contributed by atoms with Crippen molar-refractivity contribution in [2.75, 3.05) is 18.6 Å². The van der Waals surface area contributed by atoms with Crippen LogP contribution in [0.4, 0.5) is 5.13 Å². The van der Waals surface area contributed by atoms with Crippen LogP contribution in [0.5, 0.6) is 11.5 Å². The lowest BCUT2D eigenvalue weighted by atomic mass is 9.98. The number of carbonyl (C=O) groups is 1. The molecule has 0 saturated heterocycles. The Bertz CT molecular complexity index is 1460. The van der Waals surface area contributed by atoms with Crippen LogP contribution in [0.1, 0.15) is 58.9 Å². The largest absolute Gasteiger partial charge is 0.493 e. The number of methoxy groups -OCH3 is 1. The molecular formula is C26H25N3O5S. The van der Waals surface area contributed by atoms with Crippen molar-refractivity contribution in [3.8, 4) is 11.5 Å². The fourth-order valence-corrected chi connectivity index (χ4v) is 5.04. The van der Waals surface area contributed by atoms with E-state index in [1.807, 2.05) is 19.1 Å². The molecule has 9 heteroatoms. The molecule has 2 aromatic heterocycles. The van der Waals surface area contributed by atoms with Crippen molar-refractivity contribution < 1.29 is 18.7 Å². The molecule has 0 radical (unpaired) electrons. The summed E-state index contributed by atoms with van der Waals surface area (Å²) in [7, 11) is 1.57. The normalized spacial score (nSPS) is 15.0. The van der Waals surface area contributed by atoms with Gasteiger partial charge in [0.1, 0.15) is 10.6 Å². The Morgan fingerprint density at radius 3 is 2.66 bits per heavy atom. The highest BCUT2D eigenvalue weighted by Gasteiger charge is 2.45. The minimum absolute atomic E-state index is 0.0189. The zero-order chi connectivity index (χ0) is 24.5. The molecule has 1 aliphatic rings. The van der Waals surface area contributed by atoms with E-state index in [9.17, 15) is 9.59 Å². The standard InChI is InChI=1S/C26H25N3O5S/c1-4-5-8-13-33-19-12-11-16(14-20(19)32-3)22-21-23(30)17-9-6-7-10-18(17)34-24(21)25(31)29(22)26-28-27-15(2)35-26/h6-7,9-12,14,22H,4-5,8,13H2,1-3H3/t22-/m1/s1. The monoisotopic (exact) mass is 491 g/mol. The first-order valence-corrected chi connectivity index (χ1v) is 12.3. The van der Waals surface area contributed by atoms with Crippen molar-refractivity contribution in [3.05, 3.63) is 74.6 Å². The van der Waals surface area contributed by atoms with Crippen molar-refractivity contribution in [3.63, 3.8) is 0 Å². The summed E-state index contributed by atoms with van der Waals surface area (Å²) in [4.78, 5) is 28.7. The van der Waals surface area contributed by atoms with Gasteiger partial charge in [0.15, 0.2) is 16.9 Å². The van der Waals surface area contributed by atoms with Gasteiger partial charge in [-0.15, -0.1) is 10.2 Å². The second-order valence-electron chi connectivity index (χ2n) is 8.32. The van der Waals surface area contributed by atoms with Crippen molar-refractivity contribution in [1.29, 1.82) is 0 Å². The molecule has 3 heterocycles. The van der Waals surface area contributed by atoms with Crippen LogP contribution >= 0.6 is 11.3 Å². The lowest BCUT2D eigenvalue weighted by Crippen LogP contribution is -2.29. The predicted molar refractivity (Wildman–Crippen MR) is 134 cm³/mol. The number of carbonyl (C=O) groups excluding carboxylic acids is 1. The SMILES string of the molecule is CCCCCOc1ccc([C@@H]2c3c(oc4ccccc4c3=O)C(=O)N2c2nnc(C)s2)cc1OC. The molecule has 0 aliphatic carbocycles. The van der Waals surface area contributed by atoms with Crippen LogP contribution in [0, 0.1) is 6.92 Å². The molecule has 8 nitrogen and oxygen atoms in total. The van der Waals surface area contributed by atoms with Crippen molar-refractivity contribution in [2.24, 2.45) is 0 Å². The van der Waals surface area contributed by atoms with E-state index in [2.05, 4.69) is 17.1 Å². The van der Waals surface area contributed by atoms with Crippen LogP contribution in [-0.2, 0) is 0 Å². The van der Waals surface area contributed by atoms with Gasteiger partial charge in [-0.3, -0.25) is 14.5 Å². The summed E-state index contributed by atoms with van der Waals surface area (Å²) < 4.78 is 17.5. The second kappa shape index (κ2) is 9.50. The number of benzene rings is 2. The van der Waals surface area contributed by atoms with Gasteiger partial charge in [-0.25, -0.2) is 0 Å². The zero-order valence-corrected chi connectivity index (χ0v) is 20.6. The highest BCUT2D eigenvalue weighted by Crippen LogP contribution is 2.43. The average Bonchev–Trinajstić information content (AvgIpc) is 3.42. The molecular weight excluding hydrogens is 466 g/mol. The van der Waals surface area contributed by atoms with Crippen molar-refractivity contribution in [2.45, 2.75) is 39.2 Å². The smallest absolute Gasteiger partial charge is 0.297 e. The van der Waals surface area contributed by atoms with Gasteiger partial charge in [-0.2, -0.15) is 0 Å². The summed E-state index contributed by atoms with van der Waals surface area (Å²) >= 11 is 1.28. The number of ether oxygens (including phenoxy) is 2. The van der Waals surface area contributed by atoms with Crippen LogP contribution in [0.25, 0.3) is 11.0 Å². The van der Waals surface area contributed by atoms with Crippen molar-refractivity contribution >= 4 is 33.3 Å². The van der Waals surface area contributed by atoms with Gasteiger partial charge in [0, 0.05) is 0 Å². The Balaban J connectivity index is 1.65. The fourth-order valence-electron chi connectivity index (χ4n) is 4.32. The summed E-state index contributed by atoms with van der Waals surface area (Å²) in [5.41, 5.74) is 1.08. The first-order valence-electron chi connectivity index (χ1n) is 11.5. The predicted octanol–water partition coefficient (Wildman–Crippen LogP) is 5.28. The third-order valence-electron chi connectivity index (χ3n) is 6.01. The summed E-state index contributed by atoms with van der Waals surface area (Å²) in [6, 6.07) is 11.7. The van der Waals surface area contributed by atoms with Crippen LogP contribution < -0.4 is 19.8 Å². The number of fused-ring (bicyclic) bond motifs is 2. The molecule has 4 aromatic rings. The molecule has 2 aromatic carbocycles. The lowest BCUT2D eigenvalue weighted by Gasteiger charge is -2.23. The highest BCUT2D eigenvalue weighted by atomic mass is 32.1. The van der Waals surface area contributed by atoms with Gasteiger partial charge in [0.2, 0.25) is 10.9 Å². The number of aromatic nitrogens is 2. The van der Waals surface area contributed by atoms with E-state index in [0.717, 1.165) is 19.3 Å². The van der Waals surface area contributed by atoms with Gasteiger partial charge < -0.3 is 13.9 Å². The maximum Gasteiger partial charge on any atom is 0.297 e. The number of nitrogens with zero attached hydrogens (tertiary/aromatic N) is 3. The van der Waals surface area contributed by atoms with Gasteiger partial charge in [-0.1, -0.05) is 49.3 Å². The number of para-hydroxylation sites is 1. The van der Waals surface area contributed by atoms with Gasteiger partial charge in [0.05, 0.1) is 30.7 Å². The molecule has 180 valence electrons. The van der Waals surface area contributed by atoms with Gasteiger partial charge in [-0.05, 0) is 43.2 Å². The first-order chi connectivity index (χ1) is 17.0. The molecule has 0 fully saturated rings. The molecule has 0 spiro atoms. The van der Waals surface area contributed by atoms with E-state index in [0.29, 0.717) is 44.8 Å². The van der Waals surface area contributed by atoms with Crippen LogP contribution in [-0.4, -0.2) is 29.8 Å². The van der Waals surface area contributed by atoms with Crippen LogP contribution in [0.3, 0.4) is 0 Å². The van der Waals surface area contributed by atoms with Crippen LogP contribution in [0.2, 0.25) is 0 Å². The maximum atomic E-state index is 13.6. The number of anilines is 1. The molecule has 1 aliphatic heterocycles. The molecule has 0 N–H and O–H groups in total. The van der Waals surface area contributed by atoms with E-state index in [1.165, 1.54) is 16.2 Å². The second-order valence-corrected chi connectivity index (χ2v) is 9.48. The molecule has 0 saturated carbocycles. The zero-order valence-electron chi connectivity index (χ0n) is 19.7. The average molecular weight is 492 g/mol. The molecule has 1 amide bonds.